The Hall–Kier alpha value is -0.960. The van der Waals surface area contributed by atoms with Gasteiger partial charge in [0.05, 0.1) is 0 Å². The standard InChI is InChI=1S/C14H19F2N/c1-9-5-10(2)8-14(17,7-9)12-4-3-11(15)6-13(12)16/h3-4,6,9-10H,5,7-8,17H2,1-2H3. The number of benzene rings is 1. The van der Waals surface area contributed by atoms with Crippen LogP contribution in [0.3, 0.4) is 0 Å². The molecular formula is C14H19F2N. The van der Waals surface area contributed by atoms with Gasteiger partial charge in [-0.05, 0) is 37.2 Å². The van der Waals surface area contributed by atoms with Crippen molar-refractivity contribution >= 4 is 0 Å². The van der Waals surface area contributed by atoms with Crippen LogP contribution in [0.4, 0.5) is 8.78 Å². The lowest BCUT2D eigenvalue weighted by Crippen LogP contribution is -2.44. The fraction of sp³-hybridized carbons (Fsp3) is 0.571. The van der Waals surface area contributed by atoms with E-state index in [0.29, 0.717) is 17.4 Å². The lowest BCUT2D eigenvalue weighted by atomic mass is 9.69. The fourth-order valence-electron chi connectivity index (χ4n) is 3.29. The molecule has 17 heavy (non-hydrogen) atoms. The van der Waals surface area contributed by atoms with Gasteiger partial charge >= 0.3 is 0 Å². The predicted molar refractivity (Wildman–Crippen MR) is 64.4 cm³/mol. The molecule has 94 valence electrons. The number of halogens is 2. The zero-order chi connectivity index (χ0) is 12.6. The Morgan fingerprint density at radius 1 is 1.18 bits per heavy atom. The molecule has 2 N–H and O–H groups in total. The molecule has 0 aliphatic heterocycles. The van der Waals surface area contributed by atoms with Crippen LogP contribution < -0.4 is 5.73 Å². The zero-order valence-corrected chi connectivity index (χ0v) is 10.3. The van der Waals surface area contributed by atoms with Crippen molar-refractivity contribution in [1.82, 2.24) is 0 Å². The first-order chi connectivity index (χ1) is 7.90. The monoisotopic (exact) mass is 239 g/mol. The molecule has 1 aromatic rings. The summed E-state index contributed by atoms with van der Waals surface area (Å²) in [7, 11) is 0. The molecule has 0 saturated heterocycles. The number of hydrogen-bond acceptors (Lipinski definition) is 1. The van der Waals surface area contributed by atoms with E-state index in [-0.39, 0.29) is 0 Å². The van der Waals surface area contributed by atoms with Crippen LogP contribution in [0.2, 0.25) is 0 Å². The van der Waals surface area contributed by atoms with Crippen LogP contribution in [0.1, 0.15) is 38.7 Å². The van der Waals surface area contributed by atoms with Gasteiger partial charge in [-0.25, -0.2) is 8.78 Å². The molecule has 2 unspecified atom stereocenters. The minimum Gasteiger partial charge on any atom is -0.321 e. The molecule has 0 spiro atoms. The van der Waals surface area contributed by atoms with Gasteiger partial charge in [0.25, 0.3) is 0 Å². The molecule has 2 atom stereocenters. The average molecular weight is 239 g/mol. The Kier molecular flexibility index (Phi) is 3.21. The molecular weight excluding hydrogens is 220 g/mol. The second kappa shape index (κ2) is 4.37. The minimum absolute atomic E-state index is 0.456. The lowest BCUT2D eigenvalue weighted by Gasteiger charge is -2.40. The third-order valence-corrected chi connectivity index (χ3v) is 3.70. The van der Waals surface area contributed by atoms with Crippen molar-refractivity contribution in [2.24, 2.45) is 17.6 Å². The van der Waals surface area contributed by atoms with Gasteiger partial charge in [-0.1, -0.05) is 19.9 Å². The van der Waals surface area contributed by atoms with Crippen molar-refractivity contribution in [2.45, 2.75) is 38.6 Å². The van der Waals surface area contributed by atoms with E-state index in [1.54, 1.807) is 0 Å². The molecule has 0 heterocycles. The SMILES string of the molecule is CC1CC(C)CC(N)(c2ccc(F)cc2F)C1. The van der Waals surface area contributed by atoms with Crippen LogP contribution in [-0.4, -0.2) is 0 Å². The van der Waals surface area contributed by atoms with Crippen molar-refractivity contribution in [1.29, 1.82) is 0 Å². The molecule has 0 aromatic heterocycles. The molecule has 0 bridgehead atoms. The lowest BCUT2D eigenvalue weighted by molar-refractivity contribution is 0.179. The highest BCUT2D eigenvalue weighted by Crippen LogP contribution is 2.41. The summed E-state index contributed by atoms with van der Waals surface area (Å²) in [6, 6.07) is 3.71. The van der Waals surface area contributed by atoms with Gasteiger partial charge < -0.3 is 5.73 Å². The maximum atomic E-state index is 13.8. The van der Waals surface area contributed by atoms with Crippen LogP contribution in [0, 0.1) is 23.5 Å². The molecule has 1 aromatic carbocycles. The van der Waals surface area contributed by atoms with E-state index in [1.165, 1.54) is 12.1 Å². The molecule has 3 heteroatoms. The molecule has 1 aliphatic rings. The summed E-state index contributed by atoms with van der Waals surface area (Å²) in [5, 5.41) is 0. The van der Waals surface area contributed by atoms with Gasteiger partial charge in [-0.15, -0.1) is 0 Å². The normalized spacial score (nSPS) is 33.7. The van der Waals surface area contributed by atoms with E-state index < -0.39 is 17.2 Å². The topological polar surface area (TPSA) is 26.0 Å². The Labute approximate surface area is 101 Å². The van der Waals surface area contributed by atoms with Crippen LogP contribution in [0.15, 0.2) is 18.2 Å². The summed E-state index contributed by atoms with van der Waals surface area (Å²) >= 11 is 0. The first kappa shape index (κ1) is 12.5. The Morgan fingerprint density at radius 3 is 2.29 bits per heavy atom. The molecule has 1 fully saturated rings. The van der Waals surface area contributed by atoms with Crippen LogP contribution in [-0.2, 0) is 5.54 Å². The highest BCUT2D eigenvalue weighted by atomic mass is 19.1. The average Bonchev–Trinajstić information content (AvgIpc) is 2.13. The maximum absolute atomic E-state index is 13.8. The first-order valence-electron chi connectivity index (χ1n) is 6.15. The van der Waals surface area contributed by atoms with E-state index >= 15 is 0 Å². The third kappa shape index (κ3) is 2.49. The second-order valence-corrected chi connectivity index (χ2v) is 5.63. The van der Waals surface area contributed by atoms with Gasteiger partial charge in [0.1, 0.15) is 11.6 Å². The van der Waals surface area contributed by atoms with Crippen molar-refractivity contribution in [3.05, 3.63) is 35.4 Å². The van der Waals surface area contributed by atoms with Gasteiger partial charge in [-0.3, -0.25) is 0 Å². The zero-order valence-electron chi connectivity index (χ0n) is 10.3. The second-order valence-electron chi connectivity index (χ2n) is 5.63. The predicted octanol–water partition coefficient (Wildman–Crippen LogP) is 3.57. The van der Waals surface area contributed by atoms with E-state index in [1.807, 2.05) is 0 Å². The van der Waals surface area contributed by atoms with Crippen molar-refractivity contribution in [2.75, 3.05) is 0 Å². The van der Waals surface area contributed by atoms with Crippen LogP contribution >= 0.6 is 0 Å². The Balaban J connectivity index is 2.36. The molecule has 0 radical (unpaired) electrons. The van der Waals surface area contributed by atoms with Gasteiger partial charge in [0.15, 0.2) is 0 Å². The fourth-order valence-corrected chi connectivity index (χ4v) is 3.29. The Morgan fingerprint density at radius 2 is 1.76 bits per heavy atom. The van der Waals surface area contributed by atoms with E-state index in [9.17, 15) is 8.78 Å². The van der Waals surface area contributed by atoms with Crippen molar-refractivity contribution < 1.29 is 8.78 Å². The van der Waals surface area contributed by atoms with Crippen LogP contribution in [0.5, 0.6) is 0 Å². The molecule has 2 rings (SSSR count). The van der Waals surface area contributed by atoms with Gasteiger partial charge in [0.2, 0.25) is 0 Å². The number of hydrogen-bond donors (Lipinski definition) is 1. The summed E-state index contributed by atoms with van der Waals surface area (Å²) in [5.41, 5.74) is 6.16. The highest BCUT2D eigenvalue weighted by molar-refractivity contribution is 5.27. The van der Waals surface area contributed by atoms with E-state index in [2.05, 4.69) is 13.8 Å². The van der Waals surface area contributed by atoms with E-state index in [4.69, 9.17) is 5.73 Å². The summed E-state index contributed by atoms with van der Waals surface area (Å²) < 4.78 is 26.7. The summed E-state index contributed by atoms with van der Waals surface area (Å²) in [6.07, 6.45) is 2.65. The molecule has 1 nitrogen and oxygen atoms in total. The first-order valence-corrected chi connectivity index (χ1v) is 6.15. The van der Waals surface area contributed by atoms with Crippen molar-refractivity contribution in [3.8, 4) is 0 Å². The highest BCUT2D eigenvalue weighted by Gasteiger charge is 2.37. The van der Waals surface area contributed by atoms with E-state index in [0.717, 1.165) is 25.3 Å². The van der Waals surface area contributed by atoms with Gasteiger partial charge in [-0.2, -0.15) is 0 Å². The summed E-state index contributed by atoms with van der Waals surface area (Å²) in [6.45, 7) is 4.28. The number of rotatable bonds is 1. The Bertz CT molecular complexity index is 407. The molecule has 1 aliphatic carbocycles. The molecule has 0 amide bonds. The third-order valence-electron chi connectivity index (χ3n) is 3.70. The summed E-state index contributed by atoms with van der Waals surface area (Å²) in [4.78, 5) is 0. The largest absolute Gasteiger partial charge is 0.321 e. The van der Waals surface area contributed by atoms with Crippen LogP contribution in [0.25, 0.3) is 0 Å². The van der Waals surface area contributed by atoms with Gasteiger partial charge in [0, 0.05) is 17.2 Å². The molecule has 1 saturated carbocycles. The smallest absolute Gasteiger partial charge is 0.131 e. The maximum Gasteiger partial charge on any atom is 0.131 e. The number of nitrogens with two attached hydrogens (primary N) is 1. The van der Waals surface area contributed by atoms with Crippen molar-refractivity contribution in [3.63, 3.8) is 0 Å². The summed E-state index contributed by atoms with van der Waals surface area (Å²) in [5.74, 6) is -0.109. The minimum atomic E-state index is -0.644. The quantitative estimate of drug-likeness (QED) is 0.796.